The normalized spacial score (nSPS) is 10.6. The van der Waals surface area contributed by atoms with Gasteiger partial charge in [-0.2, -0.15) is 21.9 Å². The number of hydrogen-bond acceptors (Lipinski definition) is 0. The standard InChI is InChI=1S/C24H20B.CH4S/c1-5-13-21(14-6-1)25(22-15-7-2-8-16-22,23-17-9-3-10-18-23)24-19-11-4-12-20-24;1-2/h1-20H;2H,1H3/q-1;/p+1. The van der Waals surface area contributed by atoms with E-state index in [0.717, 1.165) is 0 Å². The van der Waals surface area contributed by atoms with Crippen LogP contribution < -0.4 is 21.9 Å². The average Bonchev–Trinajstić information content (AvgIpc) is 2.79. The average molecular weight is 368 g/mol. The van der Waals surface area contributed by atoms with Crippen molar-refractivity contribution in [2.45, 2.75) is 0 Å². The van der Waals surface area contributed by atoms with Crippen LogP contribution in [-0.2, 0) is 12.6 Å². The molecule has 4 aromatic rings. The highest BCUT2D eigenvalue weighted by Gasteiger charge is 2.30. The Labute approximate surface area is 168 Å². The molecule has 0 atom stereocenters. The summed E-state index contributed by atoms with van der Waals surface area (Å²) >= 11 is 2.97. The number of benzene rings is 4. The minimum atomic E-state index is -1.22. The molecule has 0 fully saturated rings. The van der Waals surface area contributed by atoms with Crippen LogP contribution in [0, 0.1) is 0 Å². The summed E-state index contributed by atoms with van der Waals surface area (Å²) in [6, 6.07) is 43.5. The molecule has 0 amide bonds. The molecule has 0 nitrogen and oxygen atoms in total. The van der Waals surface area contributed by atoms with Gasteiger partial charge in [0.05, 0.1) is 6.26 Å². The Bertz CT molecular complexity index is 759. The van der Waals surface area contributed by atoms with Gasteiger partial charge in [-0.25, -0.2) is 0 Å². The largest absolute Gasteiger partial charge is 0.195 e. The highest BCUT2D eigenvalue weighted by molar-refractivity contribution is 7.57. The summed E-state index contributed by atoms with van der Waals surface area (Å²) in [5, 5.41) is 0. The van der Waals surface area contributed by atoms with E-state index in [-0.39, 0.29) is 0 Å². The SMILES string of the molecule is C[SH2+].c1ccc([B-](c2ccccc2)(c2ccccc2)c2ccccc2)cc1. The van der Waals surface area contributed by atoms with Crippen LogP contribution in [0.5, 0.6) is 0 Å². The first kappa shape index (κ1) is 19.1. The van der Waals surface area contributed by atoms with Crippen molar-refractivity contribution in [3.8, 4) is 0 Å². The second-order valence-electron chi connectivity index (χ2n) is 6.51. The molecule has 4 rings (SSSR count). The summed E-state index contributed by atoms with van der Waals surface area (Å²) < 4.78 is 0. The summed E-state index contributed by atoms with van der Waals surface area (Å²) in [5.41, 5.74) is 5.36. The highest BCUT2D eigenvalue weighted by atomic mass is 32.1. The monoisotopic (exact) mass is 368 g/mol. The van der Waals surface area contributed by atoms with Gasteiger partial charge in [-0.05, 0) is 12.6 Å². The van der Waals surface area contributed by atoms with E-state index < -0.39 is 6.15 Å². The van der Waals surface area contributed by atoms with Crippen LogP contribution in [0.1, 0.15) is 0 Å². The molecule has 0 N–H and O–H groups in total. The van der Waals surface area contributed by atoms with Crippen molar-refractivity contribution < 1.29 is 0 Å². The Morgan fingerprint density at radius 3 is 0.741 bits per heavy atom. The van der Waals surface area contributed by atoms with Gasteiger partial charge in [0.2, 0.25) is 0 Å². The van der Waals surface area contributed by atoms with Gasteiger partial charge in [-0.15, -0.1) is 0 Å². The van der Waals surface area contributed by atoms with Crippen molar-refractivity contribution in [2.24, 2.45) is 0 Å². The van der Waals surface area contributed by atoms with Gasteiger partial charge in [0.1, 0.15) is 6.15 Å². The maximum absolute atomic E-state index is 2.97. The second-order valence-corrected chi connectivity index (χ2v) is 6.51. The van der Waals surface area contributed by atoms with E-state index in [9.17, 15) is 0 Å². The third-order valence-electron chi connectivity index (χ3n) is 5.20. The molecule has 0 radical (unpaired) electrons. The van der Waals surface area contributed by atoms with E-state index in [4.69, 9.17) is 0 Å². The first-order valence-corrected chi connectivity index (χ1v) is 10.3. The molecular formula is C25H25BS. The molecule has 0 aliphatic carbocycles. The van der Waals surface area contributed by atoms with Crippen molar-refractivity contribution in [3.05, 3.63) is 121 Å². The molecule has 0 bridgehead atoms. The van der Waals surface area contributed by atoms with E-state index >= 15 is 0 Å². The minimum Gasteiger partial charge on any atom is -0.195 e. The third kappa shape index (κ3) is 3.72. The van der Waals surface area contributed by atoms with Crippen LogP contribution in [0.15, 0.2) is 121 Å². The Hall–Kier alpha value is -2.71. The van der Waals surface area contributed by atoms with E-state index in [1.807, 2.05) is 0 Å². The van der Waals surface area contributed by atoms with Crippen molar-refractivity contribution in [1.82, 2.24) is 0 Å². The Kier molecular flexibility index (Phi) is 6.56. The van der Waals surface area contributed by atoms with Gasteiger partial charge in [-0.3, -0.25) is 0 Å². The van der Waals surface area contributed by atoms with Gasteiger partial charge in [0.25, 0.3) is 0 Å². The molecule has 0 saturated carbocycles. The predicted molar refractivity (Wildman–Crippen MR) is 126 cm³/mol. The lowest BCUT2D eigenvalue weighted by molar-refractivity contribution is 1.66. The smallest absolute Gasteiger partial charge is 0.108 e. The number of hydrogen-bond donors (Lipinski definition) is 0. The molecule has 0 aliphatic rings. The molecule has 2 heteroatoms. The molecule has 0 saturated heterocycles. The van der Waals surface area contributed by atoms with Crippen LogP contribution in [0.2, 0.25) is 0 Å². The molecule has 0 aromatic heterocycles. The lowest BCUT2D eigenvalue weighted by atomic mass is 9.13. The van der Waals surface area contributed by atoms with Crippen LogP contribution in [0.3, 0.4) is 0 Å². The molecule has 0 spiro atoms. The van der Waals surface area contributed by atoms with Gasteiger partial charge in [0.15, 0.2) is 0 Å². The molecule has 0 heterocycles. The lowest BCUT2D eigenvalue weighted by Gasteiger charge is -2.44. The van der Waals surface area contributed by atoms with Crippen molar-refractivity contribution in [2.75, 3.05) is 6.26 Å². The number of rotatable bonds is 4. The first-order valence-electron chi connectivity index (χ1n) is 9.30. The van der Waals surface area contributed by atoms with Gasteiger partial charge >= 0.3 is 0 Å². The third-order valence-corrected chi connectivity index (χ3v) is 5.20. The molecule has 0 aliphatic heterocycles. The molecular weight excluding hydrogens is 343 g/mol. The fraction of sp³-hybridized carbons (Fsp3) is 0.0400. The quantitative estimate of drug-likeness (QED) is 0.384. The van der Waals surface area contributed by atoms with Gasteiger partial charge in [-0.1, -0.05) is 121 Å². The second kappa shape index (κ2) is 9.29. The molecule has 134 valence electrons. The van der Waals surface area contributed by atoms with Crippen LogP contribution >= 0.6 is 0 Å². The summed E-state index contributed by atoms with van der Waals surface area (Å²) in [4.78, 5) is 0. The fourth-order valence-electron chi connectivity index (χ4n) is 4.12. The van der Waals surface area contributed by atoms with Crippen molar-refractivity contribution in [3.63, 3.8) is 0 Å². The summed E-state index contributed by atoms with van der Waals surface area (Å²) in [5.74, 6) is 0. The maximum Gasteiger partial charge on any atom is 0.108 e. The molecule has 0 unspecified atom stereocenters. The zero-order valence-electron chi connectivity index (χ0n) is 15.6. The molecule has 4 aromatic carbocycles. The van der Waals surface area contributed by atoms with E-state index in [2.05, 4.69) is 134 Å². The predicted octanol–water partition coefficient (Wildman–Crippen LogP) is 2.69. The minimum absolute atomic E-state index is 1.22. The van der Waals surface area contributed by atoms with E-state index in [1.165, 1.54) is 21.9 Å². The van der Waals surface area contributed by atoms with Crippen LogP contribution in [-0.4, -0.2) is 12.4 Å². The topological polar surface area (TPSA) is 0 Å². The van der Waals surface area contributed by atoms with Crippen LogP contribution in [0.4, 0.5) is 0 Å². The zero-order valence-corrected chi connectivity index (χ0v) is 16.6. The van der Waals surface area contributed by atoms with Crippen molar-refractivity contribution >= 4 is 40.6 Å². The van der Waals surface area contributed by atoms with E-state index in [0.29, 0.717) is 0 Å². The molecule has 27 heavy (non-hydrogen) atoms. The Balaban J connectivity index is 0.00000102. The first-order chi connectivity index (χ1) is 13.4. The summed E-state index contributed by atoms with van der Waals surface area (Å²) in [6.07, 6.45) is 0.590. The summed E-state index contributed by atoms with van der Waals surface area (Å²) in [7, 11) is 0. The lowest BCUT2D eigenvalue weighted by Crippen LogP contribution is -2.74. The highest BCUT2D eigenvalue weighted by Crippen LogP contribution is 2.09. The maximum atomic E-state index is 2.97. The fourth-order valence-corrected chi connectivity index (χ4v) is 4.12. The van der Waals surface area contributed by atoms with E-state index in [1.54, 1.807) is 6.26 Å². The Morgan fingerprint density at radius 1 is 0.370 bits per heavy atom. The van der Waals surface area contributed by atoms with Crippen molar-refractivity contribution in [1.29, 1.82) is 0 Å². The van der Waals surface area contributed by atoms with Gasteiger partial charge < -0.3 is 0 Å². The zero-order chi connectivity index (χ0) is 19.0. The van der Waals surface area contributed by atoms with Crippen LogP contribution in [0.25, 0.3) is 0 Å². The Morgan fingerprint density at radius 2 is 0.556 bits per heavy atom. The summed E-state index contributed by atoms with van der Waals surface area (Å²) in [6.45, 7) is 0. The van der Waals surface area contributed by atoms with Gasteiger partial charge in [0, 0.05) is 0 Å².